The Balaban J connectivity index is 2.63. The molecule has 0 fully saturated rings. The van der Waals surface area contributed by atoms with E-state index in [0.717, 1.165) is 0 Å². The molecule has 1 aromatic heterocycles. The number of nitrogens with zero attached hydrogens (tertiary/aromatic N) is 2. The van der Waals surface area contributed by atoms with E-state index in [1.165, 1.54) is 16.2 Å². The highest BCUT2D eigenvalue weighted by Crippen LogP contribution is 2.22. The molecule has 1 aromatic rings. The predicted molar refractivity (Wildman–Crippen MR) is 74.2 cm³/mol. The number of halogens is 1. The second kappa shape index (κ2) is 6.75. The lowest BCUT2D eigenvalue weighted by atomic mass is 10.3. The summed E-state index contributed by atoms with van der Waals surface area (Å²) in [7, 11) is 1.62. The molecule has 1 rings (SSSR count). The van der Waals surface area contributed by atoms with E-state index >= 15 is 0 Å². The van der Waals surface area contributed by atoms with E-state index in [1.54, 1.807) is 24.1 Å². The third-order valence-corrected chi connectivity index (χ3v) is 3.84. The van der Waals surface area contributed by atoms with E-state index in [-0.39, 0.29) is 18.4 Å². The first-order valence-electron chi connectivity index (χ1n) is 5.78. The molecule has 0 aliphatic rings. The van der Waals surface area contributed by atoms with E-state index in [1.807, 2.05) is 13.8 Å². The molecule has 0 radical (unpaired) electrons. The summed E-state index contributed by atoms with van der Waals surface area (Å²) >= 11 is 7.00. The first-order chi connectivity index (χ1) is 8.49. The van der Waals surface area contributed by atoms with Crippen molar-refractivity contribution in [1.29, 1.82) is 0 Å². The van der Waals surface area contributed by atoms with Gasteiger partial charge in [0.1, 0.15) is 0 Å². The van der Waals surface area contributed by atoms with Gasteiger partial charge < -0.3 is 9.80 Å². The molecule has 0 bridgehead atoms. The Morgan fingerprint density at radius 2 is 1.89 bits per heavy atom. The summed E-state index contributed by atoms with van der Waals surface area (Å²) in [6.45, 7) is 5.24. The Morgan fingerprint density at radius 1 is 1.28 bits per heavy atom. The minimum atomic E-state index is -0.174. The van der Waals surface area contributed by atoms with Crippen molar-refractivity contribution in [2.24, 2.45) is 0 Å². The van der Waals surface area contributed by atoms with Gasteiger partial charge in [-0.1, -0.05) is 11.6 Å². The van der Waals surface area contributed by atoms with E-state index < -0.39 is 0 Å². The lowest BCUT2D eigenvalue weighted by Gasteiger charge is -2.22. The van der Waals surface area contributed by atoms with Gasteiger partial charge in [0.05, 0.1) is 15.8 Å². The number of rotatable bonds is 5. The van der Waals surface area contributed by atoms with Crippen molar-refractivity contribution >= 4 is 34.8 Å². The fourth-order valence-electron chi connectivity index (χ4n) is 1.57. The van der Waals surface area contributed by atoms with E-state index in [2.05, 4.69) is 0 Å². The lowest BCUT2D eigenvalue weighted by Crippen LogP contribution is -2.40. The van der Waals surface area contributed by atoms with Crippen molar-refractivity contribution in [3.63, 3.8) is 0 Å². The summed E-state index contributed by atoms with van der Waals surface area (Å²) in [5, 5.41) is 0. The number of hydrogen-bond acceptors (Lipinski definition) is 3. The van der Waals surface area contributed by atoms with Crippen LogP contribution in [-0.4, -0.2) is 48.3 Å². The molecule has 0 aliphatic carbocycles. The molecule has 100 valence electrons. The second-order valence-electron chi connectivity index (χ2n) is 3.83. The maximum absolute atomic E-state index is 12.0. The van der Waals surface area contributed by atoms with Crippen molar-refractivity contribution in [3.8, 4) is 0 Å². The number of thiophene rings is 1. The molecule has 0 spiro atoms. The van der Waals surface area contributed by atoms with Gasteiger partial charge in [0.15, 0.2) is 0 Å². The van der Waals surface area contributed by atoms with Gasteiger partial charge in [-0.25, -0.2) is 0 Å². The fourth-order valence-corrected chi connectivity index (χ4v) is 2.61. The number of amides is 2. The Hall–Kier alpha value is -1.07. The number of carbonyl (C=O) groups excluding carboxylic acids is 2. The van der Waals surface area contributed by atoms with Crippen molar-refractivity contribution in [1.82, 2.24) is 9.80 Å². The van der Waals surface area contributed by atoms with Crippen LogP contribution in [0, 0.1) is 0 Å². The summed E-state index contributed by atoms with van der Waals surface area (Å²) in [6, 6.07) is 3.35. The van der Waals surface area contributed by atoms with Crippen LogP contribution in [0.15, 0.2) is 12.1 Å². The monoisotopic (exact) mass is 288 g/mol. The maximum Gasteiger partial charge on any atom is 0.264 e. The van der Waals surface area contributed by atoms with Crippen molar-refractivity contribution in [3.05, 3.63) is 21.3 Å². The van der Waals surface area contributed by atoms with Crippen LogP contribution in [0.2, 0.25) is 4.34 Å². The zero-order valence-electron chi connectivity index (χ0n) is 10.8. The quantitative estimate of drug-likeness (QED) is 0.834. The molecule has 0 atom stereocenters. The molecule has 18 heavy (non-hydrogen) atoms. The summed E-state index contributed by atoms with van der Waals surface area (Å²) in [5.41, 5.74) is 0. The van der Waals surface area contributed by atoms with Crippen LogP contribution >= 0.6 is 22.9 Å². The van der Waals surface area contributed by atoms with Crippen LogP contribution in [0.3, 0.4) is 0 Å². The molecule has 0 N–H and O–H groups in total. The van der Waals surface area contributed by atoms with Crippen molar-refractivity contribution in [2.75, 3.05) is 26.7 Å². The summed E-state index contributed by atoms with van der Waals surface area (Å²) in [4.78, 5) is 27.5. The molecular weight excluding hydrogens is 272 g/mol. The number of likely N-dealkylation sites (N-methyl/N-ethyl adjacent to an activating group) is 2. The molecule has 1 heterocycles. The van der Waals surface area contributed by atoms with Gasteiger partial charge in [-0.05, 0) is 26.0 Å². The second-order valence-corrected chi connectivity index (χ2v) is 5.55. The van der Waals surface area contributed by atoms with Crippen molar-refractivity contribution in [2.45, 2.75) is 13.8 Å². The van der Waals surface area contributed by atoms with Crippen molar-refractivity contribution < 1.29 is 9.59 Å². The molecular formula is C12H17ClN2O2S. The average molecular weight is 289 g/mol. The Bertz CT molecular complexity index is 429. The predicted octanol–water partition coefficient (Wildman–Crippen LogP) is 2.34. The van der Waals surface area contributed by atoms with Crippen LogP contribution in [-0.2, 0) is 4.79 Å². The molecule has 0 aromatic carbocycles. The Morgan fingerprint density at radius 3 is 2.33 bits per heavy atom. The largest absolute Gasteiger partial charge is 0.342 e. The van der Waals surface area contributed by atoms with Crippen LogP contribution in [0.25, 0.3) is 0 Å². The van der Waals surface area contributed by atoms with E-state index in [9.17, 15) is 9.59 Å². The zero-order valence-corrected chi connectivity index (χ0v) is 12.3. The molecule has 0 saturated carbocycles. The van der Waals surface area contributed by atoms with Crippen LogP contribution in [0.5, 0.6) is 0 Å². The smallest absolute Gasteiger partial charge is 0.264 e. The van der Waals surface area contributed by atoms with Gasteiger partial charge in [0.2, 0.25) is 5.91 Å². The van der Waals surface area contributed by atoms with E-state index in [4.69, 9.17) is 11.6 Å². The molecule has 0 unspecified atom stereocenters. The zero-order chi connectivity index (χ0) is 13.7. The third-order valence-electron chi connectivity index (χ3n) is 2.62. The normalized spacial score (nSPS) is 10.2. The lowest BCUT2D eigenvalue weighted by molar-refractivity contribution is -0.131. The molecule has 4 nitrogen and oxygen atoms in total. The minimum absolute atomic E-state index is 0.0431. The van der Waals surface area contributed by atoms with Crippen LogP contribution in [0.1, 0.15) is 23.5 Å². The SMILES string of the molecule is CCN(CC)C(=O)CN(C)C(=O)c1ccc(Cl)s1. The number of hydrogen-bond donors (Lipinski definition) is 0. The first-order valence-corrected chi connectivity index (χ1v) is 6.97. The Labute approximate surface area is 116 Å². The molecule has 2 amide bonds. The summed E-state index contributed by atoms with van der Waals surface area (Å²) < 4.78 is 0.571. The summed E-state index contributed by atoms with van der Waals surface area (Å²) in [6.07, 6.45) is 0. The summed E-state index contributed by atoms with van der Waals surface area (Å²) in [5.74, 6) is -0.217. The highest BCUT2D eigenvalue weighted by atomic mass is 35.5. The van der Waals surface area contributed by atoms with Gasteiger partial charge in [-0.3, -0.25) is 9.59 Å². The topological polar surface area (TPSA) is 40.6 Å². The minimum Gasteiger partial charge on any atom is -0.342 e. The maximum atomic E-state index is 12.0. The van der Waals surface area contributed by atoms with Gasteiger partial charge in [-0.2, -0.15) is 0 Å². The van der Waals surface area contributed by atoms with Crippen LogP contribution < -0.4 is 0 Å². The first kappa shape index (κ1) is 15.0. The molecule has 6 heteroatoms. The fraction of sp³-hybridized carbons (Fsp3) is 0.500. The molecule has 0 aliphatic heterocycles. The highest BCUT2D eigenvalue weighted by Gasteiger charge is 2.18. The van der Waals surface area contributed by atoms with Gasteiger partial charge in [0, 0.05) is 20.1 Å². The molecule has 0 saturated heterocycles. The van der Waals surface area contributed by atoms with E-state index in [0.29, 0.717) is 22.3 Å². The van der Waals surface area contributed by atoms with Gasteiger partial charge in [0.25, 0.3) is 5.91 Å². The standard InChI is InChI=1S/C12H17ClN2O2S/c1-4-15(5-2)11(16)8-14(3)12(17)9-6-7-10(13)18-9/h6-7H,4-5,8H2,1-3H3. The number of carbonyl (C=O) groups is 2. The Kier molecular flexibility index (Phi) is 5.62. The van der Waals surface area contributed by atoms with Gasteiger partial charge in [-0.15, -0.1) is 11.3 Å². The highest BCUT2D eigenvalue weighted by molar-refractivity contribution is 7.17. The van der Waals surface area contributed by atoms with Crippen LogP contribution in [0.4, 0.5) is 0 Å². The van der Waals surface area contributed by atoms with Gasteiger partial charge >= 0.3 is 0 Å². The average Bonchev–Trinajstić information content (AvgIpc) is 2.76. The third kappa shape index (κ3) is 3.71.